The molecule has 3 aromatic rings. The number of Topliss-reactive ketones (excluding diaryl/α,β-unsaturated/α-hetero) is 1. The topological polar surface area (TPSA) is 35.5 Å². The summed E-state index contributed by atoms with van der Waals surface area (Å²) in [5.41, 5.74) is 5.78. The number of rotatable bonds is 7. The van der Waals surface area contributed by atoms with Gasteiger partial charge in [0.2, 0.25) is 0 Å². The van der Waals surface area contributed by atoms with E-state index in [0.29, 0.717) is 28.9 Å². The zero-order chi connectivity index (χ0) is 26.8. The van der Waals surface area contributed by atoms with E-state index in [1.807, 2.05) is 0 Å². The van der Waals surface area contributed by atoms with Crippen molar-refractivity contribution in [2.45, 2.75) is 75.5 Å². The van der Waals surface area contributed by atoms with Crippen LogP contribution in [0.3, 0.4) is 0 Å². The maximum atomic E-state index is 13.5. The molecule has 39 heavy (non-hydrogen) atoms. The Morgan fingerprint density at radius 3 is 1.44 bits per heavy atom. The van der Waals surface area contributed by atoms with Crippen molar-refractivity contribution < 1.29 is 14.3 Å². The van der Waals surface area contributed by atoms with Gasteiger partial charge >= 0.3 is 0 Å². The fourth-order valence-electron chi connectivity index (χ4n) is 7.79. The molecule has 0 amide bonds. The highest BCUT2D eigenvalue weighted by Gasteiger charge is 2.46. The average molecular weight is 541 g/mol. The number of ether oxygens (including phenoxy) is 2. The van der Waals surface area contributed by atoms with Crippen molar-refractivity contribution in [1.82, 2.24) is 0 Å². The van der Waals surface area contributed by atoms with Crippen molar-refractivity contribution in [2.75, 3.05) is 14.2 Å². The van der Waals surface area contributed by atoms with E-state index >= 15 is 0 Å². The van der Waals surface area contributed by atoms with Gasteiger partial charge in [-0.1, -0.05) is 88.2 Å². The Morgan fingerprint density at radius 1 is 0.590 bits per heavy atom. The van der Waals surface area contributed by atoms with Crippen molar-refractivity contribution >= 4 is 19.0 Å². The Bertz CT molecular complexity index is 1210. The molecular formula is C35H41O3P. The van der Waals surface area contributed by atoms with Crippen LogP contribution < -0.4 is 14.8 Å². The van der Waals surface area contributed by atoms with Gasteiger partial charge in [-0.05, 0) is 77.4 Å². The van der Waals surface area contributed by atoms with Gasteiger partial charge < -0.3 is 9.47 Å². The van der Waals surface area contributed by atoms with E-state index in [1.165, 1.54) is 67.8 Å². The highest BCUT2D eigenvalue weighted by Crippen LogP contribution is 2.63. The molecule has 0 radical (unpaired) electrons. The van der Waals surface area contributed by atoms with Gasteiger partial charge in [-0.25, -0.2) is 0 Å². The summed E-state index contributed by atoms with van der Waals surface area (Å²) in [6, 6.07) is 23.8. The van der Waals surface area contributed by atoms with Gasteiger partial charge in [0.15, 0.2) is 0 Å². The summed E-state index contributed by atoms with van der Waals surface area (Å²) in [4.78, 5) is 13.5. The second-order valence-electron chi connectivity index (χ2n) is 11.7. The van der Waals surface area contributed by atoms with E-state index in [0.717, 1.165) is 35.5 Å². The lowest BCUT2D eigenvalue weighted by molar-refractivity contribution is -0.119. The summed E-state index contributed by atoms with van der Waals surface area (Å²) >= 11 is 0. The Kier molecular flexibility index (Phi) is 8.07. The highest BCUT2D eigenvalue weighted by molar-refractivity contribution is 7.68. The molecule has 204 valence electrons. The summed E-state index contributed by atoms with van der Waals surface area (Å²) in [6.07, 6.45) is 11.8. The zero-order valence-electron chi connectivity index (χ0n) is 23.4. The molecule has 3 nitrogen and oxygen atoms in total. The smallest absolute Gasteiger partial charge is 0.134 e. The van der Waals surface area contributed by atoms with Gasteiger partial charge in [-0.15, -0.1) is 0 Å². The van der Waals surface area contributed by atoms with E-state index in [4.69, 9.17) is 9.47 Å². The Hall–Kier alpha value is -2.64. The first kappa shape index (κ1) is 26.6. The van der Waals surface area contributed by atoms with Crippen molar-refractivity contribution in [3.05, 3.63) is 66.7 Å². The van der Waals surface area contributed by atoms with Crippen LogP contribution in [-0.4, -0.2) is 31.3 Å². The molecule has 2 unspecified atom stereocenters. The first-order valence-electron chi connectivity index (χ1n) is 14.9. The molecule has 0 N–H and O–H groups in total. The molecule has 2 aliphatic carbocycles. The number of benzene rings is 3. The van der Waals surface area contributed by atoms with Crippen LogP contribution in [0.25, 0.3) is 22.3 Å². The molecule has 2 atom stereocenters. The van der Waals surface area contributed by atoms with Crippen LogP contribution in [0.5, 0.6) is 11.5 Å². The predicted molar refractivity (Wildman–Crippen MR) is 163 cm³/mol. The van der Waals surface area contributed by atoms with Crippen molar-refractivity contribution in [3.8, 4) is 33.8 Å². The van der Waals surface area contributed by atoms with Crippen LogP contribution >= 0.6 is 7.92 Å². The number of para-hydroxylation sites is 2. The summed E-state index contributed by atoms with van der Waals surface area (Å²) in [5, 5.41) is 1.47. The second kappa shape index (κ2) is 11.8. The molecule has 6 rings (SSSR count). The number of hydrogen-bond donors (Lipinski definition) is 0. The van der Waals surface area contributed by atoms with Crippen LogP contribution in [0.15, 0.2) is 66.7 Å². The van der Waals surface area contributed by atoms with Crippen LogP contribution in [-0.2, 0) is 4.79 Å². The predicted octanol–water partition coefficient (Wildman–Crippen LogP) is 8.63. The van der Waals surface area contributed by atoms with Gasteiger partial charge in [0.05, 0.1) is 14.2 Å². The fourth-order valence-corrected chi connectivity index (χ4v) is 12.2. The van der Waals surface area contributed by atoms with Crippen LogP contribution in [0.1, 0.15) is 64.2 Å². The van der Waals surface area contributed by atoms with Gasteiger partial charge in [0.25, 0.3) is 0 Å². The maximum Gasteiger partial charge on any atom is 0.134 e. The molecule has 1 aliphatic heterocycles. The van der Waals surface area contributed by atoms with E-state index < -0.39 is 7.92 Å². The summed E-state index contributed by atoms with van der Waals surface area (Å²) in [6.45, 7) is 0. The number of methoxy groups -OCH3 is 2. The average Bonchev–Trinajstić information content (AvgIpc) is 3.72. The standard InChI is InChI=1S/C35H41O3P/c1-37-31-20-9-7-16-27(31)29-18-11-19-30(28-17-8-10-21-32(28)38-2)35(29)39-33(24-12-3-4-13-24)22-26(36)23-34(39)25-14-5-6-15-25/h7-11,16-21,24-25,33-34H,3-6,12-15,22-23H2,1-2H3. The minimum absolute atomic E-state index is 0.457. The van der Waals surface area contributed by atoms with Crippen molar-refractivity contribution in [3.63, 3.8) is 0 Å². The minimum atomic E-state index is -0.598. The molecule has 3 fully saturated rings. The molecule has 0 aromatic heterocycles. The Labute approximate surface area is 235 Å². The van der Waals surface area contributed by atoms with E-state index in [2.05, 4.69) is 66.7 Å². The summed E-state index contributed by atoms with van der Waals surface area (Å²) in [5.74, 6) is 3.64. The van der Waals surface area contributed by atoms with Gasteiger partial charge in [-0.3, -0.25) is 4.79 Å². The highest BCUT2D eigenvalue weighted by atomic mass is 31.1. The third-order valence-corrected chi connectivity index (χ3v) is 13.2. The normalized spacial score (nSPS) is 24.3. The van der Waals surface area contributed by atoms with Crippen LogP contribution in [0.2, 0.25) is 0 Å². The molecule has 0 bridgehead atoms. The zero-order valence-corrected chi connectivity index (χ0v) is 24.3. The monoisotopic (exact) mass is 540 g/mol. The first-order valence-corrected chi connectivity index (χ1v) is 16.4. The quantitative estimate of drug-likeness (QED) is 0.281. The second-order valence-corrected chi connectivity index (χ2v) is 14.3. The molecule has 1 saturated heterocycles. The maximum absolute atomic E-state index is 13.5. The molecule has 0 spiro atoms. The Morgan fingerprint density at radius 2 is 1.00 bits per heavy atom. The van der Waals surface area contributed by atoms with Crippen LogP contribution in [0, 0.1) is 11.8 Å². The van der Waals surface area contributed by atoms with Gasteiger partial charge in [0.1, 0.15) is 17.3 Å². The molecule has 3 aliphatic rings. The lowest BCUT2D eigenvalue weighted by atomic mass is 9.93. The minimum Gasteiger partial charge on any atom is -0.496 e. The van der Waals surface area contributed by atoms with E-state index in [9.17, 15) is 4.79 Å². The van der Waals surface area contributed by atoms with Crippen molar-refractivity contribution in [2.24, 2.45) is 11.8 Å². The van der Waals surface area contributed by atoms with E-state index in [-0.39, 0.29) is 0 Å². The van der Waals surface area contributed by atoms with Crippen LogP contribution in [0.4, 0.5) is 0 Å². The fraction of sp³-hybridized carbons (Fsp3) is 0.457. The summed E-state index contributed by atoms with van der Waals surface area (Å²) in [7, 11) is 2.95. The molecular weight excluding hydrogens is 499 g/mol. The summed E-state index contributed by atoms with van der Waals surface area (Å²) < 4.78 is 11.9. The first-order chi connectivity index (χ1) is 19.2. The third kappa shape index (κ3) is 5.16. The SMILES string of the molecule is COc1ccccc1-c1cccc(-c2ccccc2OC)c1P1C(C2CCCC2)CC(=O)CC1C1CCCC1. The molecule has 4 heteroatoms. The molecule has 1 heterocycles. The molecule has 3 aromatic carbocycles. The number of carbonyl (C=O) groups is 1. The number of carbonyl (C=O) groups excluding carboxylic acids is 1. The molecule has 2 saturated carbocycles. The van der Waals surface area contributed by atoms with Crippen molar-refractivity contribution in [1.29, 1.82) is 0 Å². The number of ketones is 1. The largest absolute Gasteiger partial charge is 0.496 e. The van der Waals surface area contributed by atoms with Gasteiger partial charge in [-0.2, -0.15) is 0 Å². The third-order valence-electron chi connectivity index (χ3n) is 9.56. The van der Waals surface area contributed by atoms with E-state index in [1.54, 1.807) is 14.2 Å². The lowest BCUT2D eigenvalue weighted by Crippen LogP contribution is -2.39. The Balaban J connectivity index is 1.63. The number of hydrogen-bond acceptors (Lipinski definition) is 3. The van der Waals surface area contributed by atoms with Gasteiger partial charge in [0, 0.05) is 24.0 Å². The lowest BCUT2D eigenvalue weighted by Gasteiger charge is -2.45.